The van der Waals surface area contributed by atoms with Crippen molar-refractivity contribution in [1.82, 2.24) is 9.80 Å². The van der Waals surface area contributed by atoms with E-state index in [-0.39, 0.29) is 23.9 Å². The molecule has 6 nitrogen and oxygen atoms in total. The SMILES string of the molecule is COC1(C)CN(CC(OC2CCC(C(=O)O)CC2)N2CCCC2)C1. The fraction of sp³-hybridized carbons (Fsp3) is 0.944. The number of likely N-dealkylation sites (tertiary alicyclic amines) is 2. The third kappa shape index (κ3) is 4.28. The molecule has 1 atom stereocenters. The van der Waals surface area contributed by atoms with Gasteiger partial charge in [0.25, 0.3) is 0 Å². The van der Waals surface area contributed by atoms with Gasteiger partial charge in [-0.2, -0.15) is 0 Å². The van der Waals surface area contributed by atoms with Gasteiger partial charge in [-0.15, -0.1) is 0 Å². The molecule has 0 aromatic carbocycles. The van der Waals surface area contributed by atoms with Crippen molar-refractivity contribution in [2.24, 2.45) is 5.92 Å². The van der Waals surface area contributed by atoms with E-state index in [4.69, 9.17) is 14.6 Å². The van der Waals surface area contributed by atoms with Gasteiger partial charge in [0.05, 0.1) is 17.6 Å². The highest BCUT2D eigenvalue weighted by atomic mass is 16.5. The highest BCUT2D eigenvalue weighted by Gasteiger charge is 2.41. The number of rotatable bonds is 7. The molecule has 3 fully saturated rings. The van der Waals surface area contributed by atoms with Gasteiger partial charge in [-0.1, -0.05) is 0 Å². The number of carboxylic acids is 1. The Bertz CT molecular complexity index is 425. The van der Waals surface area contributed by atoms with Crippen molar-refractivity contribution in [2.45, 2.75) is 63.4 Å². The van der Waals surface area contributed by atoms with Crippen LogP contribution in [0.4, 0.5) is 0 Å². The third-order valence-corrected chi connectivity index (χ3v) is 5.94. The molecule has 1 unspecified atom stereocenters. The van der Waals surface area contributed by atoms with Crippen LogP contribution in [0.5, 0.6) is 0 Å². The summed E-state index contributed by atoms with van der Waals surface area (Å²) in [4.78, 5) is 16.0. The molecule has 2 heterocycles. The minimum atomic E-state index is -0.649. The fourth-order valence-electron chi connectivity index (χ4n) is 4.32. The van der Waals surface area contributed by atoms with Crippen LogP contribution in [-0.2, 0) is 14.3 Å². The Kier molecular flexibility index (Phi) is 5.80. The van der Waals surface area contributed by atoms with E-state index in [1.165, 1.54) is 12.8 Å². The number of carboxylic acid groups (broad SMARTS) is 1. The Morgan fingerprint density at radius 3 is 2.38 bits per heavy atom. The molecule has 2 aliphatic heterocycles. The standard InChI is InChI=1S/C18H32N2O4/c1-18(23-2)12-19(13-18)11-16(20-9-3-4-10-20)24-15-7-5-14(6-8-15)17(21)22/h14-16H,3-13H2,1-2H3,(H,21,22). The number of methoxy groups -OCH3 is 1. The average Bonchev–Trinajstić information content (AvgIpc) is 3.07. The lowest BCUT2D eigenvalue weighted by molar-refractivity contribution is -0.162. The molecule has 0 bridgehead atoms. The van der Waals surface area contributed by atoms with Crippen LogP contribution in [0.15, 0.2) is 0 Å². The predicted octanol–water partition coefficient (Wildman–Crippen LogP) is 1.79. The molecule has 0 radical (unpaired) electrons. The summed E-state index contributed by atoms with van der Waals surface area (Å²) < 4.78 is 12.0. The summed E-state index contributed by atoms with van der Waals surface area (Å²) in [7, 11) is 1.78. The maximum absolute atomic E-state index is 11.1. The Morgan fingerprint density at radius 2 is 1.83 bits per heavy atom. The van der Waals surface area contributed by atoms with Gasteiger partial charge in [-0.05, 0) is 45.4 Å². The quantitative estimate of drug-likeness (QED) is 0.762. The second-order valence-electron chi connectivity index (χ2n) is 7.97. The minimum absolute atomic E-state index is 0.00485. The fourth-order valence-corrected chi connectivity index (χ4v) is 4.32. The molecule has 3 aliphatic rings. The van der Waals surface area contributed by atoms with Crippen LogP contribution >= 0.6 is 0 Å². The van der Waals surface area contributed by atoms with Gasteiger partial charge < -0.3 is 14.6 Å². The Hall–Kier alpha value is -0.690. The molecule has 1 aliphatic carbocycles. The summed E-state index contributed by atoms with van der Waals surface area (Å²) in [5.41, 5.74) is -0.00485. The number of hydrogen-bond acceptors (Lipinski definition) is 5. The first-order chi connectivity index (χ1) is 11.5. The van der Waals surface area contributed by atoms with Crippen molar-refractivity contribution < 1.29 is 19.4 Å². The lowest BCUT2D eigenvalue weighted by Gasteiger charge is -2.49. The van der Waals surface area contributed by atoms with E-state index in [0.717, 1.165) is 58.4 Å². The predicted molar refractivity (Wildman–Crippen MR) is 90.9 cm³/mol. The summed E-state index contributed by atoms with van der Waals surface area (Å²) >= 11 is 0. The molecular weight excluding hydrogens is 308 g/mol. The van der Waals surface area contributed by atoms with Gasteiger partial charge in [-0.25, -0.2) is 0 Å². The van der Waals surface area contributed by atoms with Crippen molar-refractivity contribution in [1.29, 1.82) is 0 Å². The first-order valence-electron chi connectivity index (χ1n) is 9.39. The lowest BCUT2D eigenvalue weighted by Crippen LogP contribution is -2.63. The number of ether oxygens (including phenoxy) is 2. The highest BCUT2D eigenvalue weighted by molar-refractivity contribution is 5.70. The van der Waals surface area contributed by atoms with Gasteiger partial charge in [0.1, 0.15) is 6.23 Å². The molecule has 1 saturated carbocycles. The Morgan fingerprint density at radius 1 is 1.21 bits per heavy atom. The van der Waals surface area contributed by atoms with E-state index < -0.39 is 5.97 Å². The van der Waals surface area contributed by atoms with E-state index in [9.17, 15) is 4.79 Å². The van der Waals surface area contributed by atoms with Crippen LogP contribution in [0.1, 0.15) is 45.4 Å². The lowest BCUT2D eigenvalue weighted by atomic mass is 9.87. The van der Waals surface area contributed by atoms with Crippen LogP contribution in [-0.4, -0.2) is 78.6 Å². The van der Waals surface area contributed by atoms with Gasteiger partial charge in [0, 0.05) is 39.8 Å². The molecule has 138 valence electrons. The smallest absolute Gasteiger partial charge is 0.306 e. The number of hydrogen-bond donors (Lipinski definition) is 1. The van der Waals surface area contributed by atoms with Gasteiger partial charge >= 0.3 is 5.97 Å². The zero-order valence-corrected chi connectivity index (χ0v) is 15.1. The van der Waals surface area contributed by atoms with Crippen LogP contribution in [0, 0.1) is 5.92 Å². The summed E-state index contributed by atoms with van der Waals surface area (Å²) in [6.07, 6.45) is 6.09. The molecular formula is C18H32N2O4. The van der Waals surface area contributed by atoms with Gasteiger partial charge in [-0.3, -0.25) is 14.6 Å². The summed E-state index contributed by atoms with van der Waals surface area (Å²) in [5, 5.41) is 9.14. The topological polar surface area (TPSA) is 62.2 Å². The molecule has 0 spiro atoms. The van der Waals surface area contributed by atoms with E-state index in [1.807, 2.05) is 0 Å². The number of aliphatic carboxylic acids is 1. The first kappa shape index (κ1) is 18.1. The van der Waals surface area contributed by atoms with Gasteiger partial charge in [0.15, 0.2) is 0 Å². The van der Waals surface area contributed by atoms with Crippen molar-refractivity contribution in [2.75, 3.05) is 39.8 Å². The molecule has 2 saturated heterocycles. The number of nitrogens with zero attached hydrogens (tertiary/aromatic N) is 2. The van der Waals surface area contributed by atoms with Crippen LogP contribution < -0.4 is 0 Å². The van der Waals surface area contributed by atoms with Crippen molar-refractivity contribution in [3.8, 4) is 0 Å². The third-order valence-electron chi connectivity index (χ3n) is 5.94. The average molecular weight is 340 g/mol. The largest absolute Gasteiger partial charge is 0.481 e. The molecule has 0 aromatic heterocycles. The Balaban J connectivity index is 1.51. The number of carbonyl (C=O) groups is 1. The molecule has 0 aromatic rings. The van der Waals surface area contributed by atoms with E-state index in [2.05, 4.69) is 16.7 Å². The maximum Gasteiger partial charge on any atom is 0.306 e. The molecule has 3 rings (SSSR count). The van der Waals surface area contributed by atoms with Crippen LogP contribution in [0.3, 0.4) is 0 Å². The zero-order valence-electron chi connectivity index (χ0n) is 15.1. The molecule has 6 heteroatoms. The maximum atomic E-state index is 11.1. The van der Waals surface area contributed by atoms with E-state index in [0.29, 0.717) is 0 Å². The van der Waals surface area contributed by atoms with Crippen LogP contribution in [0.2, 0.25) is 0 Å². The van der Waals surface area contributed by atoms with Crippen molar-refractivity contribution in [3.05, 3.63) is 0 Å². The molecule has 0 amide bonds. The molecule has 24 heavy (non-hydrogen) atoms. The van der Waals surface area contributed by atoms with Crippen molar-refractivity contribution >= 4 is 5.97 Å². The Labute approximate surface area is 145 Å². The van der Waals surface area contributed by atoms with E-state index >= 15 is 0 Å². The normalized spacial score (nSPS) is 32.4. The molecule has 1 N–H and O–H groups in total. The highest BCUT2D eigenvalue weighted by Crippen LogP contribution is 2.30. The zero-order chi connectivity index (χ0) is 17.2. The van der Waals surface area contributed by atoms with Gasteiger partial charge in [0.2, 0.25) is 0 Å². The second kappa shape index (κ2) is 7.68. The summed E-state index contributed by atoms with van der Waals surface area (Å²) in [6, 6.07) is 0. The van der Waals surface area contributed by atoms with Crippen molar-refractivity contribution in [3.63, 3.8) is 0 Å². The summed E-state index contributed by atoms with van der Waals surface area (Å²) in [5.74, 6) is -0.822. The first-order valence-corrected chi connectivity index (χ1v) is 9.39. The second-order valence-corrected chi connectivity index (χ2v) is 7.97. The minimum Gasteiger partial charge on any atom is -0.481 e. The van der Waals surface area contributed by atoms with E-state index in [1.54, 1.807) is 7.11 Å². The van der Waals surface area contributed by atoms with Crippen LogP contribution in [0.25, 0.3) is 0 Å². The monoisotopic (exact) mass is 340 g/mol. The summed E-state index contributed by atoms with van der Waals surface area (Å²) in [6.45, 7) is 7.24.